The van der Waals surface area contributed by atoms with Crippen LogP contribution in [0.2, 0.25) is 0 Å². The molecule has 0 fully saturated rings. The molecule has 11 aromatic rings. The van der Waals surface area contributed by atoms with Gasteiger partial charge < -0.3 is 4.90 Å². The maximum Gasteiger partial charge on any atom is 0.0468 e. The quantitative estimate of drug-likeness (QED) is 0.154. The van der Waals surface area contributed by atoms with E-state index < -0.39 is 0 Å². The molecule has 0 aliphatic carbocycles. The predicted molar refractivity (Wildman–Crippen MR) is 243 cm³/mol. The van der Waals surface area contributed by atoms with Crippen molar-refractivity contribution in [2.75, 3.05) is 4.90 Å². The monoisotopic (exact) mass is 729 g/mol. The highest BCUT2D eigenvalue weighted by Crippen LogP contribution is 2.45. The molecule has 1 heterocycles. The van der Waals surface area contributed by atoms with Gasteiger partial charge in [0.15, 0.2) is 0 Å². The summed E-state index contributed by atoms with van der Waals surface area (Å²) in [6, 6.07) is 77.6. The van der Waals surface area contributed by atoms with E-state index in [1.165, 1.54) is 85.9 Å². The van der Waals surface area contributed by atoms with Crippen LogP contribution in [0, 0.1) is 0 Å². The molecule has 56 heavy (non-hydrogen) atoms. The molecule has 0 saturated carbocycles. The van der Waals surface area contributed by atoms with Crippen LogP contribution < -0.4 is 4.90 Å². The molecule has 11 rings (SSSR count). The van der Waals surface area contributed by atoms with Gasteiger partial charge >= 0.3 is 0 Å². The lowest BCUT2D eigenvalue weighted by molar-refractivity contribution is 1.29. The molecule has 0 amide bonds. The lowest BCUT2D eigenvalue weighted by atomic mass is 9.99. The predicted octanol–water partition coefficient (Wildman–Crippen LogP) is 16.0. The fourth-order valence-corrected chi connectivity index (χ4v) is 9.80. The van der Waals surface area contributed by atoms with E-state index in [4.69, 9.17) is 0 Å². The molecule has 0 atom stereocenters. The van der Waals surface area contributed by atoms with E-state index in [1.807, 2.05) is 11.3 Å². The van der Waals surface area contributed by atoms with Crippen LogP contribution in [0.15, 0.2) is 212 Å². The summed E-state index contributed by atoms with van der Waals surface area (Å²) in [7, 11) is 0. The molecule has 0 aliphatic rings. The van der Waals surface area contributed by atoms with Crippen molar-refractivity contribution in [1.82, 2.24) is 0 Å². The second-order valence-corrected chi connectivity index (χ2v) is 15.5. The lowest BCUT2D eigenvalue weighted by Gasteiger charge is -2.26. The number of thiophene rings is 1. The number of fused-ring (bicyclic) bond motifs is 7. The highest BCUT2D eigenvalue weighted by atomic mass is 32.1. The SMILES string of the molecule is c1ccc(-c2cccc3c2sc2c(-c4ccc(N(c5ccc(-c6ccc7ccccc7c6)cc5)c5ccc6ccc7ccccc7c6c5)cc4)cccc23)cc1. The molecule has 0 N–H and O–H groups in total. The van der Waals surface area contributed by atoms with Crippen molar-refractivity contribution >= 4 is 80.9 Å². The normalized spacial score (nSPS) is 11.6. The summed E-state index contributed by atoms with van der Waals surface area (Å²) < 4.78 is 2.65. The first-order valence-corrected chi connectivity index (χ1v) is 20.0. The summed E-state index contributed by atoms with van der Waals surface area (Å²) in [5, 5.41) is 10.1. The largest absolute Gasteiger partial charge is 0.310 e. The lowest BCUT2D eigenvalue weighted by Crippen LogP contribution is -2.09. The molecule has 0 saturated heterocycles. The van der Waals surface area contributed by atoms with Gasteiger partial charge in [0.05, 0.1) is 0 Å². The van der Waals surface area contributed by atoms with Crippen molar-refractivity contribution in [1.29, 1.82) is 0 Å². The van der Waals surface area contributed by atoms with E-state index in [1.54, 1.807) is 0 Å². The Morgan fingerprint density at radius 1 is 0.268 bits per heavy atom. The molecule has 2 heteroatoms. The number of anilines is 3. The van der Waals surface area contributed by atoms with Crippen LogP contribution in [0.25, 0.3) is 85.9 Å². The first-order valence-electron chi connectivity index (χ1n) is 19.2. The number of benzene rings is 10. The Labute approximate surface area is 330 Å². The van der Waals surface area contributed by atoms with Gasteiger partial charge in [-0.25, -0.2) is 0 Å². The van der Waals surface area contributed by atoms with Gasteiger partial charge in [-0.15, -0.1) is 11.3 Å². The molecule has 10 aromatic carbocycles. The number of rotatable bonds is 6. The van der Waals surface area contributed by atoms with Crippen LogP contribution in [-0.4, -0.2) is 0 Å². The second-order valence-electron chi connectivity index (χ2n) is 14.5. The van der Waals surface area contributed by atoms with Crippen molar-refractivity contribution in [3.8, 4) is 33.4 Å². The maximum atomic E-state index is 2.39. The van der Waals surface area contributed by atoms with Gasteiger partial charge in [-0.3, -0.25) is 0 Å². The third-order valence-electron chi connectivity index (χ3n) is 11.2. The Kier molecular flexibility index (Phi) is 7.75. The van der Waals surface area contributed by atoms with Crippen molar-refractivity contribution in [2.45, 2.75) is 0 Å². The van der Waals surface area contributed by atoms with Gasteiger partial charge in [-0.1, -0.05) is 170 Å². The van der Waals surface area contributed by atoms with Crippen LogP contribution in [0.1, 0.15) is 0 Å². The van der Waals surface area contributed by atoms with Crippen molar-refractivity contribution in [3.05, 3.63) is 212 Å². The smallest absolute Gasteiger partial charge is 0.0468 e. The summed E-state index contributed by atoms with van der Waals surface area (Å²) in [6.07, 6.45) is 0. The first-order chi connectivity index (χ1) is 27.7. The minimum absolute atomic E-state index is 1.11. The van der Waals surface area contributed by atoms with Crippen LogP contribution >= 0.6 is 11.3 Å². The minimum atomic E-state index is 1.11. The Bertz CT molecular complexity index is 3230. The van der Waals surface area contributed by atoms with Crippen LogP contribution in [0.3, 0.4) is 0 Å². The number of nitrogens with zero attached hydrogens (tertiary/aromatic N) is 1. The fraction of sp³-hybridized carbons (Fsp3) is 0. The Balaban J connectivity index is 1.03. The van der Waals surface area contributed by atoms with Crippen molar-refractivity contribution < 1.29 is 0 Å². The molecular weight excluding hydrogens is 695 g/mol. The molecule has 1 nitrogen and oxygen atoms in total. The zero-order valence-electron chi connectivity index (χ0n) is 30.6. The van der Waals surface area contributed by atoms with Gasteiger partial charge in [-0.05, 0) is 108 Å². The molecular formula is C54H35NS. The second kappa shape index (κ2) is 13.4. The first kappa shape index (κ1) is 32.4. The van der Waals surface area contributed by atoms with E-state index in [-0.39, 0.29) is 0 Å². The summed E-state index contributed by atoms with van der Waals surface area (Å²) in [6.45, 7) is 0. The van der Waals surface area contributed by atoms with E-state index >= 15 is 0 Å². The zero-order valence-corrected chi connectivity index (χ0v) is 31.4. The third-order valence-corrected chi connectivity index (χ3v) is 12.5. The average Bonchev–Trinajstić information content (AvgIpc) is 3.66. The van der Waals surface area contributed by atoms with E-state index in [0.717, 1.165) is 17.1 Å². The van der Waals surface area contributed by atoms with Crippen LogP contribution in [0.4, 0.5) is 17.1 Å². The molecule has 262 valence electrons. The van der Waals surface area contributed by atoms with Crippen molar-refractivity contribution in [3.63, 3.8) is 0 Å². The van der Waals surface area contributed by atoms with E-state index in [2.05, 4.69) is 217 Å². The van der Waals surface area contributed by atoms with Gasteiger partial charge in [0.1, 0.15) is 0 Å². The summed E-state index contributed by atoms with van der Waals surface area (Å²) >= 11 is 1.90. The molecule has 0 radical (unpaired) electrons. The molecule has 0 aliphatic heterocycles. The van der Waals surface area contributed by atoms with Crippen molar-refractivity contribution in [2.24, 2.45) is 0 Å². The molecule has 0 unspecified atom stereocenters. The zero-order chi connectivity index (χ0) is 37.0. The van der Waals surface area contributed by atoms with Gasteiger partial charge in [-0.2, -0.15) is 0 Å². The van der Waals surface area contributed by atoms with E-state index in [9.17, 15) is 0 Å². The third kappa shape index (κ3) is 5.54. The Morgan fingerprint density at radius 3 is 1.45 bits per heavy atom. The average molecular weight is 730 g/mol. The Morgan fingerprint density at radius 2 is 0.750 bits per heavy atom. The van der Waals surface area contributed by atoms with Gasteiger partial charge in [0.25, 0.3) is 0 Å². The Hall–Kier alpha value is -7.00. The fourth-order valence-electron chi connectivity index (χ4n) is 8.43. The summed E-state index contributed by atoms with van der Waals surface area (Å²) in [4.78, 5) is 2.39. The summed E-state index contributed by atoms with van der Waals surface area (Å²) in [5.74, 6) is 0. The van der Waals surface area contributed by atoms with Gasteiger partial charge in [0.2, 0.25) is 0 Å². The van der Waals surface area contributed by atoms with Gasteiger partial charge in [0, 0.05) is 37.2 Å². The highest BCUT2D eigenvalue weighted by Gasteiger charge is 2.17. The van der Waals surface area contributed by atoms with E-state index in [0.29, 0.717) is 0 Å². The molecule has 0 bridgehead atoms. The van der Waals surface area contributed by atoms with Crippen LogP contribution in [0.5, 0.6) is 0 Å². The minimum Gasteiger partial charge on any atom is -0.310 e. The van der Waals surface area contributed by atoms with Crippen LogP contribution in [-0.2, 0) is 0 Å². The maximum absolute atomic E-state index is 2.39. The molecule has 0 spiro atoms. The topological polar surface area (TPSA) is 3.24 Å². The molecule has 1 aromatic heterocycles. The number of hydrogen-bond donors (Lipinski definition) is 0. The number of hydrogen-bond acceptors (Lipinski definition) is 2. The highest BCUT2D eigenvalue weighted by molar-refractivity contribution is 7.26. The standard InChI is InChI=1S/C54H35NS/c1-2-11-38(12-3-1)48-16-8-18-50-51-19-9-17-49(54(51)56-53(48)50)40-26-31-45(32-27-40)55(46-33-28-41-22-21-39-13-6-7-15-47(39)52(41)35-46)44-29-24-37(25-30-44)43-23-20-36-10-4-5-14-42(36)34-43/h1-35H. The summed E-state index contributed by atoms with van der Waals surface area (Å²) in [5.41, 5.74) is 10.8.